The Balaban J connectivity index is 3.80. The zero-order chi connectivity index (χ0) is 14.7. The highest BCUT2D eigenvalue weighted by atomic mass is 32.2. The summed E-state index contributed by atoms with van der Waals surface area (Å²) in [4.78, 5) is 11.2. The summed E-state index contributed by atoms with van der Waals surface area (Å²) in [5.41, 5.74) is 0. The molecule has 0 bridgehead atoms. The van der Waals surface area contributed by atoms with Crippen molar-refractivity contribution in [3.63, 3.8) is 0 Å². The minimum atomic E-state index is -4.37. The van der Waals surface area contributed by atoms with E-state index in [1.807, 2.05) is 0 Å². The van der Waals surface area contributed by atoms with Crippen LogP contribution in [0.25, 0.3) is 0 Å². The standard InChI is InChI=1S/C12H25O5PS/c1-2-3-4-5-6-7-8-9-10-11(12(13)17-18)19(14,15)16/h11H,2-10,18H2,1H3,(H,14,15,16). The first kappa shape index (κ1) is 18.8. The smallest absolute Gasteiger partial charge is 0.328 e. The molecule has 0 aromatic heterocycles. The Morgan fingerprint density at radius 1 is 1.11 bits per heavy atom. The van der Waals surface area contributed by atoms with Gasteiger partial charge in [0.15, 0.2) is 5.25 Å². The topological polar surface area (TPSA) is 80.7 Å². The number of unbranched alkanes of at least 4 members (excludes halogenated alkanes) is 7. The van der Waals surface area contributed by atoms with Crippen LogP contribution < -0.4 is 0 Å². The fourth-order valence-electron chi connectivity index (χ4n) is 1.93. The molecule has 5 nitrogen and oxygen atoms in total. The molecule has 0 amide bonds. The molecule has 0 radical (unpaired) electrons. The first-order valence-electron chi connectivity index (χ1n) is 6.80. The minimum Gasteiger partial charge on any atom is -0.450 e. The van der Waals surface area contributed by atoms with E-state index in [-0.39, 0.29) is 6.42 Å². The van der Waals surface area contributed by atoms with Crippen molar-refractivity contribution >= 4 is 25.6 Å². The van der Waals surface area contributed by atoms with Crippen molar-refractivity contribution in [1.29, 1.82) is 0 Å². The molecular weight excluding hydrogens is 287 g/mol. The Morgan fingerprint density at radius 2 is 1.58 bits per heavy atom. The predicted molar refractivity (Wildman–Crippen MR) is 78.4 cm³/mol. The van der Waals surface area contributed by atoms with Crippen molar-refractivity contribution in [2.24, 2.45) is 0 Å². The molecule has 0 fully saturated rings. The molecule has 1 N–H and O–H groups in total. The van der Waals surface area contributed by atoms with E-state index in [1.165, 1.54) is 25.7 Å². The molecule has 0 aliphatic heterocycles. The molecule has 0 aromatic rings. The van der Waals surface area contributed by atoms with Crippen LogP contribution in [0.15, 0.2) is 0 Å². The summed E-state index contributed by atoms with van der Waals surface area (Å²) >= 11 is 0. The van der Waals surface area contributed by atoms with Gasteiger partial charge in [-0.25, -0.2) is 0 Å². The van der Waals surface area contributed by atoms with Gasteiger partial charge in [0.25, 0.3) is 10.1 Å². The number of hydrogen-bond acceptors (Lipinski definition) is 4. The largest absolute Gasteiger partial charge is 0.450 e. The normalized spacial score (nSPS) is 13.2. The second-order valence-electron chi connectivity index (χ2n) is 4.70. The lowest BCUT2D eigenvalue weighted by Crippen LogP contribution is -2.29. The molecule has 0 aromatic carbocycles. The lowest BCUT2D eigenvalue weighted by atomic mass is 10.1. The number of carbonyl (C=O) groups is 1. The molecular formula is C12H25O5PS. The number of rotatable bonds is 11. The molecule has 2 atom stereocenters. The van der Waals surface area contributed by atoms with E-state index in [0.29, 0.717) is 6.42 Å². The highest BCUT2D eigenvalue weighted by Crippen LogP contribution is 2.15. The van der Waals surface area contributed by atoms with Crippen LogP contribution >= 0.6 is 9.47 Å². The van der Waals surface area contributed by atoms with Gasteiger partial charge in [0.05, 0.1) is 9.47 Å². The van der Waals surface area contributed by atoms with Gasteiger partial charge in [-0.15, -0.1) is 0 Å². The minimum absolute atomic E-state index is 0.112. The first-order chi connectivity index (χ1) is 8.93. The lowest BCUT2D eigenvalue weighted by molar-refractivity contribution is -0.133. The number of carbonyl (C=O) groups excluding carboxylic acids is 1. The van der Waals surface area contributed by atoms with Gasteiger partial charge in [0, 0.05) is 0 Å². The van der Waals surface area contributed by atoms with Crippen LogP contribution in [0.4, 0.5) is 0 Å². The van der Waals surface area contributed by atoms with E-state index in [9.17, 15) is 13.2 Å². The molecule has 7 heteroatoms. The summed E-state index contributed by atoms with van der Waals surface area (Å²) in [7, 11) is -2.66. The third-order valence-corrected chi connectivity index (χ3v) is 4.44. The Kier molecular flexibility index (Phi) is 10.5. The Morgan fingerprint density at radius 3 is 2.00 bits per heavy atom. The van der Waals surface area contributed by atoms with Crippen LogP contribution in [-0.2, 0) is 19.4 Å². The molecule has 0 saturated heterocycles. The van der Waals surface area contributed by atoms with Crippen LogP contribution in [0.2, 0.25) is 0 Å². The van der Waals surface area contributed by atoms with E-state index in [4.69, 9.17) is 4.55 Å². The second kappa shape index (κ2) is 10.6. The van der Waals surface area contributed by atoms with Crippen molar-refractivity contribution in [2.45, 2.75) is 70.0 Å². The third-order valence-electron chi connectivity index (χ3n) is 3.06. The van der Waals surface area contributed by atoms with Crippen molar-refractivity contribution in [2.75, 3.05) is 0 Å². The molecule has 0 spiro atoms. The van der Waals surface area contributed by atoms with E-state index >= 15 is 0 Å². The third kappa shape index (κ3) is 9.36. The average molecular weight is 312 g/mol. The zero-order valence-electron chi connectivity index (χ0n) is 11.5. The maximum absolute atomic E-state index is 11.2. The lowest BCUT2D eigenvalue weighted by Gasteiger charge is -2.10. The van der Waals surface area contributed by atoms with Crippen LogP contribution in [-0.4, -0.2) is 24.2 Å². The quantitative estimate of drug-likeness (QED) is 0.360. The molecule has 0 rings (SSSR count). The summed E-state index contributed by atoms with van der Waals surface area (Å²) in [5.74, 6) is -0.921. The van der Waals surface area contributed by atoms with Crippen LogP contribution in [0.1, 0.15) is 64.7 Å². The maximum atomic E-state index is 11.2. The van der Waals surface area contributed by atoms with Crippen LogP contribution in [0.3, 0.4) is 0 Å². The Bertz CT molecular complexity index is 342. The molecule has 2 unspecified atom stereocenters. The monoisotopic (exact) mass is 312 g/mol. The van der Waals surface area contributed by atoms with Crippen molar-refractivity contribution in [1.82, 2.24) is 0 Å². The number of hydrogen-bond donors (Lipinski definition) is 1. The summed E-state index contributed by atoms with van der Waals surface area (Å²) in [6, 6.07) is 0. The average Bonchev–Trinajstić information content (AvgIpc) is 2.34. The van der Waals surface area contributed by atoms with E-state index in [0.717, 1.165) is 19.3 Å². The first-order valence-corrected chi connectivity index (χ1v) is 8.77. The highest BCUT2D eigenvalue weighted by molar-refractivity contribution is 7.87. The van der Waals surface area contributed by atoms with Gasteiger partial charge in [0.1, 0.15) is 0 Å². The zero-order valence-corrected chi connectivity index (χ0v) is 13.5. The van der Waals surface area contributed by atoms with Crippen molar-refractivity contribution in [3.05, 3.63) is 0 Å². The molecule has 19 heavy (non-hydrogen) atoms. The van der Waals surface area contributed by atoms with Gasteiger partial charge in [0.2, 0.25) is 0 Å². The highest BCUT2D eigenvalue weighted by Gasteiger charge is 2.31. The van der Waals surface area contributed by atoms with Crippen molar-refractivity contribution < 1.29 is 22.3 Å². The van der Waals surface area contributed by atoms with Crippen molar-refractivity contribution in [3.8, 4) is 0 Å². The van der Waals surface area contributed by atoms with Gasteiger partial charge in [-0.3, -0.25) is 9.35 Å². The summed E-state index contributed by atoms with van der Waals surface area (Å²) in [5, 5.41) is -1.45. The van der Waals surface area contributed by atoms with E-state index in [1.54, 1.807) is 9.47 Å². The van der Waals surface area contributed by atoms with Crippen LogP contribution in [0.5, 0.6) is 0 Å². The van der Waals surface area contributed by atoms with E-state index in [2.05, 4.69) is 11.4 Å². The maximum Gasteiger partial charge on any atom is 0.328 e. The fraction of sp³-hybridized carbons (Fsp3) is 0.917. The summed E-state index contributed by atoms with van der Waals surface area (Å²) in [6.07, 6.45) is 8.63. The second-order valence-corrected chi connectivity index (χ2v) is 6.54. The van der Waals surface area contributed by atoms with Crippen LogP contribution in [0, 0.1) is 0 Å². The Labute approximate surface area is 118 Å². The summed E-state index contributed by atoms with van der Waals surface area (Å²) < 4.78 is 35.3. The van der Waals surface area contributed by atoms with Gasteiger partial charge in [-0.2, -0.15) is 8.42 Å². The molecule has 0 aliphatic carbocycles. The van der Waals surface area contributed by atoms with E-state index < -0.39 is 21.3 Å². The van der Waals surface area contributed by atoms with Gasteiger partial charge < -0.3 is 4.52 Å². The van der Waals surface area contributed by atoms with Gasteiger partial charge >= 0.3 is 5.97 Å². The Hall–Kier alpha value is -0.190. The molecule has 0 heterocycles. The van der Waals surface area contributed by atoms with Gasteiger partial charge in [-0.05, 0) is 6.42 Å². The fourth-order valence-corrected chi connectivity index (χ4v) is 2.95. The van der Waals surface area contributed by atoms with Gasteiger partial charge in [-0.1, -0.05) is 58.3 Å². The predicted octanol–water partition coefficient (Wildman–Crippen LogP) is 3.11. The molecule has 114 valence electrons. The SMILES string of the molecule is CCCCCCCCCCC(C(=O)OP)S(=O)(=O)O. The summed E-state index contributed by atoms with van der Waals surface area (Å²) in [6.45, 7) is 2.17. The molecule has 0 aliphatic rings. The molecule has 0 saturated carbocycles.